The second-order valence-corrected chi connectivity index (χ2v) is 5.03. The zero-order valence-corrected chi connectivity index (χ0v) is 10.2. The van der Waals surface area contributed by atoms with E-state index in [1.807, 2.05) is 0 Å². The monoisotopic (exact) mass is 302 g/mol. The molecular formula is C10H8BrFN2O3. The second-order valence-electron chi connectivity index (χ2n) is 3.73. The van der Waals surface area contributed by atoms with Gasteiger partial charge in [-0.15, -0.1) is 0 Å². The summed E-state index contributed by atoms with van der Waals surface area (Å²) in [4.78, 5) is 22.8. The van der Waals surface area contributed by atoms with E-state index in [0.717, 1.165) is 12.1 Å². The Morgan fingerprint density at radius 2 is 2.18 bits per heavy atom. The van der Waals surface area contributed by atoms with Crippen molar-refractivity contribution in [2.24, 2.45) is 0 Å². The molecule has 1 fully saturated rings. The van der Waals surface area contributed by atoms with Crippen LogP contribution in [0, 0.1) is 15.9 Å². The number of hydrogen-bond acceptors (Lipinski definition) is 3. The van der Waals surface area contributed by atoms with Gasteiger partial charge < -0.3 is 4.90 Å². The maximum atomic E-state index is 13.2. The number of anilines is 1. The van der Waals surface area contributed by atoms with E-state index in [9.17, 15) is 19.3 Å². The van der Waals surface area contributed by atoms with Gasteiger partial charge >= 0.3 is 0 Å². The molecule has 2 rings (SSSR count). The lowest BCUT2D eigenvalue weighted by Crippen LogP contribution is -2.24. The number of alkyl halides is 1. The first kappa shape index (κ1) is 12.0. The Balaban J connectivity index is 2.39. The van der Waals surface area contributed by atoms with E-state index in [2.05, 4.69) is 15.9 Å². The minimum Gasteiger partial charge on any atom is -0.311 e. The smallest absolute Gasteiger partial charge is 0.274 e. The molecule has 1 aromatic carbocycles. The summed E-state index contributed by atoms with van der Waals surface area (Å²) in [6, 6.07) is 3.15. The zero-order chi connectivity index (χ0) is 12.6. The van der Waals surface area contributed by atoms with Crippen LogP contribution in [0.25, 0.3) is 0 Å². The zero-order valence-electron chi connectivity index (χ0n) is 8.60. The van der Waals surface area contributed by atoms with Crippen LogP contribution in [0.15, 0.2) is 18.2 Å². The lowest BCUT2D eigenvalue weighted by molar-refractivity contribution is -0.385. The molecule has 17 heavy (non-hydrogen) atoms. The molecule has 0 saturated carbocycles. The Morgan fingerprint density at radius 3 is 2.71 bits per heavy atom. The predicted octanol–water partition coefficient (Wildman–Crippen LogP) is 2.23. The second kappa shape index (κ2) is 4.40. The van der Waals surface area contributed by atoms with Gasteiger partial charge in [0.1, 0.15) is 5.82 Å². The molecule has 1 heterocycles. The van der Waals surface area contributed by atoms with E-state index >= 15 is 0 Å². The molecule has 1 amide bonds. The van der Waals surface area contributed by atoms with Crippen LogP contribution in [-0.2, 0) is 4.79 Å². The molecule has 90 valence electrons. The fourth-order valence-corrected chi connectivity index (χ4v) is 2.30. The van der Waals surface area contributed by atoms with Gasteiger partial charge in [0.2, 0.25) is 5.91 Å². The molecule has 0 aliphatic carbocycles. The topological polar surface area (TPSA) is 63.5 Å². The van der Waals surface area contributed by atoms with Crippen molar-refractivity contribution in [3.8, 4) is 0 Å². The lowest BCUT2D eigenvalue weighted by Gasteiger charge is -2.15. The fraction of sp³-hybridized carbons (Fsp3) is 0.300. The molecule has 1 unspecified atom stereocenters. The number of halogens is 2. The number of non-ortho nitro benzene ring substituents is 1. The molecule has 0 radical (unpaired) electrons. The van der Waals surface area contributed by atoms with Crippen molar-refractivity contribution in [1.82, 2.24) is 0 Å². The highest BCUT2D eigenvalue weighted by atomic mass is 79.9. The Labute approximate surface area is 104 Å². The van der Waals surface area contributed by atoms with Crippen molar-refractivity contribution in [1.29, 1.82) is 0 Å². The number of carbonyl (C=O) groups is 1. The summed E-state index contributed by atoms with van der Waals surface area (Å²) in [5.74, 6) is -0.896. The van der Waals surface area contributed by atoms with Crippen LogP contribution in [0.1, 0.15) is 6.42 Å². The minimum absolute atomic E-state index is 0.00248. The van der Waals surface area contributed by atoms with Gasteiger partial charge in [-0.3, -0.25) is 14.9 Å². The number of amides is 1. The quantitative estimate of drug-likeness (QED) is 0.478. The Kier molecular flexibility index (Phi) is 3.10. The largest absolute Gasteiger partial charge is 0.311 e. The summed E-state index contributed by atoms with van der Waals surface area (Å²) in [7, 11) is 0. The fourth-order valence-electron chi connectivity index (χ4n) is 1.73. The molecule has 0 aromatic heterocycles. The molecule has 0 N–H and O–H groups in total. The van der Waals surface area contributed by atoms with E-state index in [4.69, 9.17) is 0 Å². The van der Waals surface area contributed by atoms with E-state index in [1.54, 1.807) is 0 Å². The van der Waals surface area contributed by atoms with Crippen LogP contribution in [0.3, 0.4) is 0 Å². The van der Waals surface area contributed by atoms with Crippen molar-refractivity contribution in [3.63, 3.8) is 0 Å². The molecule has 0 bridgehead atoms. The number of carbonyl (C=O) groups excluding carboxylic acids is 1. The van der Waals surface area contributed by atoms with Crippen LogP contribution in [0.2, 0.25) is 0 Å². The van der Waals surface area contributed by atoms with Crippen LogP contribution >= 0.6 is 15.9 Å². The average molecular weight is 303 g/mol. The highest BCUT2D eigenvalue weighted by Crippen LogP contribution is 2.28. The van der Waals surface area contributed by atoms with Gasteiger partial charge in [0, 0.05) is 23.9 Å². The third-order valence-electron chi connectivity index (χ3n) is 2.47. The summed E-state index contributed by atoms with van der Waals surface area (Å²) >= 11 is 3.29. The number of nitrogens with zero attached hydrogens (tertiary/aromatic N) is 2. The molecule has 1 aliphatic rings. The highest BCUT2D eigenvalue weighted by Gasteiger charge is 2.30. The van der Waals surface area contributed by atoms with Gasteiger partial charge in [0.05, 0.1) is 16.7 Å². The molecule has 1 aliphatic heterocycles. The maximum Gasteiger partial charge on any atom is 0.274 e. The van der Waals surface area contributed by atoms with E-state index in [1.165, 1.54) is 11.0 Å². The first-order valence-electron chi connectivity index (χ1n) is 4.87. The normalized spacial score (nSPS) is 19.8. The van der Waals surface area contributed by atoms with Crippen LogP contribution in [0.4, 0.5) is 15.8 Å². The van der Waals surface area contributed by atoms with Gasteiger partial charge in [0.25, 0.3) is 5.69 Å². The van der Waals surface area contributed by atoms with E-state index in [-0.39, 0.29) is 22.1 Å². The van der Waals surface area contributed by atoms with Crippen LogP contribution in [0.5, 0.6) is 0 Å². The third kappa shape index (κ3) is 2.44. The SMILES string of the molecule is O=C1CC(Br)CN1c1cc(F)cc([N+](=O)[O-])c1. The van der Waals surface area contributed by atoms with Crippen molar-refractivity contribution in [2.45, 2.75) is 11.2 Å². The van der Waals surface area contributed by atoms with E-state index < -0.39 is 10.7 Å². The van der Waals surface area contributed by atoms with Gasteiger partial charge in [-0.05, 0) is 6.07 Å². The highest BCUT2D eigenvalue weighted by molar-refractivity contribution is 9.09. The standard InChI is InChI=1S/C10H8BrFN2O3/c11-6-1-10(15)13(5-6)8-2-7(12)3-9(4-8)14(16)17/h2-4,6H,1,5H2. The molecule has 1 saturated heterocycles. The maximum absolute atomic E-state index is 13.2. The number of nitro benzene ring substituents is 1. The van der Waals surface area contributed by atoms with Gasteiger partial charge in [0.15, 0.2) is 0 Å². The number of benzene rings is 1. The molecule has 1 aromatic rings. The van der Waals surface area contributed by atoms with Gasteiger partial charge in [-0.2, -0.15) is 0 Å². The Hall–Kier alpha value is -1.50. The third-order valence-corrected chi connectivity index (χ3v) is 3.08. The summed E-state index contributed by atoms with van der Waals surface area (Å²) in [6.07, 6.45) is 0.310. The molecule has 0 spiro atoms. The predicted molar refractivity (Wildman–Crippen MR) is 62.7 cm³/mol. The van der Waals surface area contributed by atoms with Crippen LogP contribution < -0.4 is 4.90 Å². The Morgan fingerprint density at radius 1 is 1.47 bits per heavy atom. The summed E-state index contributed by atoms with van der Waals surface area (Å²) < 4.78 is 13.2. The summed E-state index contributed by atoms with van der Waals surface area (Å²) in [6.45, 7) is 0.388. The first-order chi connectivity index (χ1) is 7.97. The average Bonchev–Trinajstić information content (AvgIpc) is 2.57. The molecule has 1 atom stereocenters. The van der Waals surface area contributed by atoms with Crippen LogP contribution in [-0.4, -0.2) is 22.2 Å². The molecule has 5 nitrogen and oxygen atoms in total. The summed E-state index contributed by atoms with van der Waals surface area (Å²) in [5, 5.41) is 10.6. The minimum atomic E-state index is -0.722. The van der Waals surface area contributed by atoms with E-state index in [0.29, 0.717) is 13.0 Å². The van der Waals surface area contributed by atoms with Crippen molar-refractivity contribution < 1.29 is 14.1 Å². The Bertz CT molecular complexity index is 494. The molecular weight excluding hydrogens is 295 g/mol. The number of hydrogen-bond donors (Lipinski definition) is 0. The molecule has 7 heteroatoms. The summed E-state index contributed by atoms with van der Waals surface area (Å²) in [5.41, 5.74) is -0.130. The lowest BCUT2D eigenvalue weighted by atomic mass is 10.2. The van der Waals surface area contributed by atoms with Crippen molar-refractivity contribution >= 4 is 33.2 Å². The van der Waals surface area contributed by atoms with Gasteiger partial charge in [-0.1, -0.05) is 15.9 Å². The number of rotatable bonds is 2. The van der Waals surface area contributed by atoms with Crippen molar-refractivity contribution in [3.05, 3.63) is 34.1 Å². The van der Waals surface area contributed by atoms with Gasteiger partial charge in [-0.25, -0.2) is 4.39 Å². The first-order valence-corrected chi connectivity index (χ1v) is 5.78. The number of nitro groups is 1. The van der Waals surface area contributed by atoms with Crippen molar-refractivity contribution in [2.75, 3.05) is 11.4 Å².